The number of esters is 1. The minimum absolute atomic E-state index is 0.0135. The summed E-state index contributed by atoms with van der Waals surface area (Å²) in [6.45, 7) is 14.2. The highest BCUT2D eigenvalue weighted by Crippen LogP contribution is 2.67. The van der Waals surface area contributed by atoms with Crippen LogP contribution in [-0.2, 0) is 9.53 Å². The van der Waals surface area contributed by atoms with E-state index in [-0.39, 0.29) is 18.0 Å². The van der Waals surface area contributed by atoms with Crippen LogP contribution in [0.15, 0.2) is 11.6 Å². The third-order valence-corrected chi connectivity index (χ3v) is 11.6. The fraction of sp³-hybridized carbons (Fsp3) is 0.906. The van der Waals surface area contributed by atoms with Crippen LogP contribution in [0.5, 0.6) is 0 Å². The van der Waals surface area contributed by atoms with Crippen molar-refractivity contribution in [3.63, 3.8) is 0 Å². The normalized spacial score (nSPS) is 41.0. The van der Waals surface area contributed by atoms with Gasteiger partial charge in [-0.25, -0.2) is 0 Å². The number of hydrogen-bond donors (Lipinski definition) is 0. The molecule has 0 aliphatic heterocycles. The Morgan fingerprint density at radius 1 is 1.03 bits per heavy atom. The van der Waals surface area contributed by atoms with Crippen molar-refractivity contribution in [3.05, 3.63) is 11.6 Å². The van der Waals surface area contributed by atoms with Gasteiger partial charge in [0.05, 0.1) is 5.92 Å². The maximum absolute atomic E-state index is 12.4. The first kappa shape index (κ1) is 26.3. The fourth-order valence-electron chi connectivity index (χ4n) is 9.24. The predicted octanol–water partition coefficient (Wildman–Crippen LogP) is 9.13. The first-order valence-electron chi connectivity index (χ1n) is 15.1. The van der Waals surface area contributed by atoms with Gasteiger partial charge < -0.3 is 4.74 Å². The van der Waals surface area contributed by atoms with Crippen molar-refractivity contribution in [2.24, 2.45) is 46.3 Å². The van der Waals surface area contributed by atoms with Crippen LogP contribution in [0.4, 0.5) is 0 Å². The molecule has 0 amide bonds. The van der Waals surface area contributed by atoms with E-state index in [4.69, 9.17) is 4.74 Å². The van der Waals surface area contributed by atoms with Gasteiger partial charge in [-0.3, -0.25) is 4.79 Å². The second-order valence-corrected chi connectivity index (χ2v) is 13.4. The number of carbonyl (C=O) groups excluding carboxylic acids is 1. The first-order valence-corrected chi connectivity index (χ1v) is 15.1. The maximum Gasteiger partial charge on any atom is 0.308 e. The molecule has 0 saturated heterocycles. The number of hydrogen-bond acceptors (Lipinski definition) is 2. The van der Waals surface area contributed by atoms with E-state index in [9.17, 15) is 4.79 Å². The summed E-state index contributed by atoms with van der Waals surface area (Å²) in [6.07, 6.45) is 21.0. The van der Waals surface area contributed by atoms with Crippen molar-refractivity contribution in [2.45, 2.75) is 138 Å². The summed E-state index contributed by atoms with van der Waals surface area (Å²) in [5.41, 5.74) is 2.54. The van der Waals surface area contributed by atoms with Gasteiger partial charge in [0, 0.05) is 6.42 Å². The van der Waals surface area contributed by atoms with E-state index in [1.807, 2.05) is 6.92 Å². The average molecular weight is 471 g/mol. The second-order valence-electron chi connectivity index (χ2n) is 13.4. The largest absolute Gasteiger partial charge is 0.462 e. The molecule has 4 rings (SSSR count). The quantitative estimate of drug-likeness (QED) is 0.191. The molecule has 2 heteroatoms. The summed E-state index contributed by atoms with van der Waals surface area (Å²) < 4.78 is 5.97. The molecule has 34 heavy (non-hydrogen) atoms. The van der Waals surface area contributed by atoms with Gasteiger partial charge >= 0.3 is 5.97 Å². The fourth-order valence-corrected chi connectivity index (χ4v) is 9.24. The molecular formula is C32H54O2. The smallest absolute Gasteiger partial charge is 0.308 e. The molecule has 2 nitrogen and oxygen atoms in total. The van der Waals surface area contributed by atoms with E-state index in [0.717, 1.165) is 48.9 Å². The van der Waals surface area contributed by atoms with Gasteiger partial charge in [0.25, 0.3) is 0 Å². The topological polar surface area (TPSA) is 26.3 Å². The van der Waals surface area contributed by atoms with Gasteiger partial charge in [-0.15, -0.1) is 0 Å². The lowest BCUT2D eigenvalue weighted by atomic mass is 9.47. The molecule has 0 aromatic carbocycles. The Hall–Kier alpha value is -0.790. The van der Waals surface area contributed by atoms with E-state index in [0.29, 0.717) is 10.8 Å². The van der Waals surface area contributed by atoms with Gasteiger partial charge in [0.2, 0.25) is 0 Å². The summed E-state index contributed by atoms with van der Waals surface area (Å²) >= 11 is 0. The third kappa shape index (κ3) is 4.78. The Bertz CT molecular complexity index is 739. The minimum atomic E-state index is 0.0135. The highest BCUT2D eigenvalue weighted by Gasteiger charge is 2.59. The van der Waals surface area contributed by atoms with E-state index in [1.54, 1.807) is 5.57 Å². The molecule has 4 aliphatic rings. The van der Waals surface area contributed by atoms with Crippen LogP contribution >= 0.6 is 0 Å². The van der Waals surface area contributed by atoms with Crippen LogP contribution in [0.2, 0.25) is 0 Å². The van der Waals surface area contributed by atoms with E-state index in [2.05, 4.69) is 40.7 Å². The predicted molar refractivity (Wildman–Crippen MR) is 142 cm³/mol. The molecule has 0 spiro atoms. The van der Waals surface area contributed by atoms with Crippen LogP contribution < -0.4 is 0 Å². The summed E-state index contributed by atoms with van der Waals surface area (Å²) in [4.78, 5) is 12.4. The van der Waals surface area contributed by atoms with Crippen LogP contribution in [0.3, 0.4) is 0 Å². The van der Waals surface area contributed by atoms with Crippen LogP contribution in [0.1, 0.15) is 131 Å². The standard InChI is InChI=1S/C32H54O2/c1-7-9-10-11-12-23(4)27-15-16-28-26-14-13-24-21-25(34-30(33)22(3)8-2)17-19-31(24,5)29(26)18-20-32(27,28)6/h13,22-23,25-29H,7-12,14-21H2,1-6H3. The molecule has 0 radical (unpaired) electrons. The SMILES string of the molecule is CCCCCCC(C)C1CCC2C3CC=C4CC(OC(=O)C(C)CC)CCC4(C)C3CCC12C. The van der Waals surface area contributed by atoms with Crippen LogP contribution in [0.25, 0.3) is 0 Å². The van der Waals surface area contributed by atoms with Gasteiger partial charge in [-0.1, -0.05) is 85.3 Å². The Kier molecular flexibility index (Phi) is 8.25. The van der Waals surface area contributed by atoms with Crippen molar-refractivity contribution in [3.8, 4) is 0 Å². The molecule has 3 fully saturated rings. The van der Waals surface area contributed by atoms with E-state index < -0.39 is 0 Å². The van der Waals surface area contributed by atoms with Crippen LogP contribution in [-0.4, -0.2) is 12.1 Å². The Morgan fingerprint density at radius 3 is 2.56 bits per heavy atom. The summed E-state index contributed by atoms with van der Waals surface area (Å²) in [7, 11) is 0. The Morgan fingerprint density at radius 2 is 1.82 bits per heavy atom. The summed E-state index contributed by atoms with van der Waals surface area (Å²) in [5.74, 6) is 4.51. The molecule has 9 unspecified atom stereocenters. The van der Waals surface area contributed by atoms with Crippen molar-refractivity contribution >= 4 is 5.97 Å². The molecule has 0 bridgehead atoms. The monoisotopic (exact) mass is 470 g/mol. The Balaban J connectivity index is 1.42. The highest BCUT2D eigenvalue weighted by molar-refractivity contribution is 5.72. The highest BCUT2D eigenvalue weighted by atomic mass is 16.5. The van der Waals surface area contributed by atoms with Crippen molar-refractivity contribution in [1.29, 1.82) is 0 Å². The van der Waals surface area contributed by atoms with Crippen molar-refractivity contribution in [2.75, 3.05) is 0 Å². The number of fused-ring (bicyclic) bond motifs is 5. The molecule has 0 aromatic heterocycles. The molecular weight excluding hydrogens is 416 g/mol. The lowest BCUT2D eigenvalue weighted by Crippen LogP contribution is -2.51. The van der Waals surface area contributed by atoms with Gasteiger partial charge in [-0.2, -0.15) is 0 Å². The molecule has 3 saturated carbocycles. The average Bonchev–Trinajstić information content (AvgIpc) is 3.18. The Labute approximate surface area is 211 Å². The van der Waals surface area contributed by atoms with Gasteiger partial charge in [0.1, 0.15) is 6.10 Å². The van der Waals surface area contributed by atoms with Crippen LogP contribution in [0, 0.1) is 46.3 Å². The van der Waals surface area contributed by atoms with E-state index >= 15 is 0 Å². The molecule has 0 heterocycles. The molecule has 4 aliphatic carbocycles. The van der Waals surface area contributed by atoms with Gasteiger partial charge in [-0.05, 0) is 91.8 Å². The lowest BCUT2D eigenvalue weighted by Gasteiger charge is -2.58. The maximum atomic E-state index is 12.4. The zero-order valence-corrected chi connectivity index (χ0v) is 23.3. The van der Waals surface area contributed by atoms with Crippen molar-refractivity contribution in [1.82, 2.24) is 0 Å². The second kappa shape index (κ2) is 10.7. The third-order valence-electron chi connectivity index (χ3n) is 11.6. The number of ether oxygens (including phenoxy) is 1. The minimum Gasteiger partial charge on any atom is -0.462 e. The zero-order chi connectivity index (χ0) is 24.5. The number of unbranched alkanes of at least 4 members (excludes halogenated alkanes) is 3. The first-order chi connectivity index (χ1) is 16.2. The molecule has 0 N–H and O–H groups in total. The van der Waals surface area contributed by atoms with Gasteiger partial charge in [0.15, 0.2) is 0 Å². The summed E-state index contributed by atoms with van der Waals surface area (Å²) in [6, 6.07) is 0. The zero-order valence-electron chi connectivity index (χ0n) is 23.3. The molecule has 0 aromatic rings. The van der Waals surface area contributed by atoms with Crippen molar-refractivity contribution < 1.29 is 9.53 Å². The number of rotatable bonds is 9. The van der Waals surface area contributed by atoms with E-state index in [1.165, 1.54) is 70.6 Å². The number of allylic oxidation sites excluding steroid dienone is 1. The molecule has 9 atom stereocenters. The lowest BCUT2D eigenvalue weighted by molar-refractivity contribution is -0.156. The summed E-state index contributed by atoms with van der Waals surface area (Å²) in [5, 5.41) is 0. The number of carbonyl (C=O) groups is 1. The molecule has 194 valence electrons.